The molecule has 1 amide bonds. The van der Waals surface area contributed by atoms with Crippen LogP contribution >= 0.6 is 23.5 Å². The first kappa shape index (κ1) is 41.0. The molecule has 6 atom stereocenters. The number of aromatic hydroxyl groups is 1. The zero-order chi connectivity index (χ0) is 38.4. The second-order valence-electron chi connectivity index (χ2n) is 11.0. The van der Waals surface area contributed by atoms with Gasteiger partial charge in [-0.15, -0.1) is 5.11 Å². The molecular formula is C28H32N3O18P3. The maximum Gasteiger partial charge on any atom is 0.470 e. The number of benzene rings is 3. The van der Waals surface area contributed by atoms with Crippen LogP contribution in [0, 0.1) is 0 Å². The van der Waals surface area contributed by atoms with E-state index in [4.69, 9.17) is 4.74 Å². The number of nitrogens with one attached hydrogen (secondary N) is 1. The number of carbonyl (C=O) groups is 2. The van der Waals surface area contributed by atoms with Crippen LogP contribution in [0.15, 0.2) is 83.0 Å². The second kappa shape index (κ2) is 16.9. The zero-order valence-electron chi connectivity index (χ0n) is 26.2. The third kappa shape index (κ3) is 11.9. The number of rotatable bonds is 14. The molecule has 282 valence electrons. The van der Waals surface area contributed by atoms with Crippen LogP contribution in [0.4, 0.5) is 11.4 Å². The number of aliphatic hydroxyl groups is 2. The fraction of sp³-hybridized carbons (Fsp3) is 0.286. The van der Waals surface area contributed by atoms with E-state index in [1.807, 2.05) is 0 Å². The summed E-state index contributed by atoms with van der Waals surface area (Å²) < 4.78 is 52.9. The lowest BCUT2D eigenvalue weighted by Gasteiger charge is -2.45. The van der Waals surface area contributed by atoms with Gasteiger partial charge in [0.1, 0.15) is 42.0 Å². The summed E-state index contributed by atoms with van der Waals surface area (Å²) in [7, 11) is -16.9. The summed E-state index contributed by atoms with van der Waals surface area (Å²) in [6.45, 7) is 0.286. The molecule has 0 saturated heterocycles. The van der Waals surface area contributed by atoms with Gasteiger partial charge in [-0.3, -0.25) is 18.4 Å². The number of nitrogens with zero attached hydrogens (tertiary/aromatic N) is 2. The van der Waals surface area contributed by atoms with Crippen LogP contribution in [0.3, 0.4) is 0 Å². The number of phosphoric ester groups is 3. The fourth-order valence-corrected chi connectivity index (χ4v) is 6.60. The van der Waals surface area contributed by atoms with Crippen molar-refractivity contribution in [2.75, 3.05) is 6.54 Å². The molecule has 24 heteroatoms. The van der Waals surface area contributed by atoms with Gasteiger partial charge in [-0.25, -0.2) is 18.5 Å². The van der Waals surface area contributed by atoms with Crippen LogP contribution in [0.2, 0.25) is 0 Å². The average Bonchev–Trinajstić information content (AvgIpc) is 3.06. The number of hydrogen-bond acceptors (Lipinski definition) is 14. The van der Waals surface area contributed by atoms with Crippen molar-refractivity contribution in [2.24, 2.45) is 10.2 Å². The van der Waals surface area contributed by atoms with E-state index < -0.39 is 66.1 Å². The van der Waals surface area contributed by atoms with E-state index in [0.717, 1.165) is 12.1 Å². The topological polar surface area (TPSA) is 341 Å². The number of azo groups is 1. The summed E-state index contributed by atoms with van der Waals surface area (Å²) in [6.07, 6.45) is -14.8. The third-order valence-corrected chi connectivity index (χ3v) is 8.72. The first-order valence-electron chi connectivity index (χ1n) is 14.7. The molecule has 0 radical (unpaired) electrons. The van der Waals surface area contributed by atoms with E-state index in [1.165, 1.54) is 24.3 Å². The highest BCUT2D eigenvalue weighted by Gasteiger charge is 2.58. The van der Waals surface area contributed by atoms with Gasteiger partial charge < -0.3 is 54.7 Å². The molecule has 0 heterocycles. The van der Waals surface area contributed by atoms with Gasteiger partial charge in [-0.2, -0.15) is 5.11 Å². The summed E-state index contributed by atoms with van der Waals surface area (Å²) in [5, 5.41) is 42.6. The first-order chi connectivity index (χ1) is 24.2. The molecule has 10 N–H and O–H groups in total. The van der Waals surface area contributed by atoms with E-state index in [9.17, 15) is 68.0 Å². The Morgan fingerprint density at radius 2 is 1.19 bits per heavy atom. The van der Waals surface area contributed by atoms with Crippen molar-refractivity contribution in [2.45, 2.75) is 43.0 Å². The van der Waals surface area contributed by atoms with E-state index in [-0.39, 0.29) is 35.1 Å². The Morgan fingerprint density at radius 1 is 0.673 bits per heavy atom. The summed E-state index contributed by atoms with van der Waals surface area (Å²) >= 11 is 0. The number of phosphoric acid groups is 3. The monoisotopic (exact) mass is 791 g/mol. The smallest absolute Gasteiger partial charge is 0.470 e. The van der Waals surface area contributed by atoms with Crippen molar-refractivity contribution in [1.29, 1.82) is 0 Å². The highest BCUT2D eigenvalue weighted by atomic mass is 31.2. The number of esters is 1. The second-order valence-corrected chi connectivity index (χ2v) is 14.6. The molecule has 0 aromatic heterocycles. The minimum absolute atomic E-state index is 0.0735. The molecule has 3 aromatic carbocycles. The molecule has 0 aliphatic heterocycles. The molecule has 0 bridgehead atoms. The average molecular weight is 791 g/mol. The Kier molecular flexibility index (Phi) is 13.4. The van der Waals surface area contributed by atoms with Gasteiger partial charge in [0.15, 0.2) is 6.10 Å². The predicted molar refractivity (Wildman–Crippen MR) is 173 cm³/mol. The Morgan fingerprint density at radius 3 is 1.73 bits per heavy atom. The van der Waals surface area contributed by atoms with E-state index in [1.54, 1.807) is 36.4 Å². The van der Waals surface area contributed by atoms with Crippen molar-refractivity contribution >= 4 is 46.7 Å². The highest BCUT2D eigenvalue weighted by molar-refractivity contribution is 7.46. The predicted octanol–water partition coefficient (Wildman–Crippen LogP) is 1.47. The summed E-state index contributed by atoms with van der Waals surface area (Å²) in [6, 6.07) is 17.9. The van der Waals surface area contributed by atoms with Crippen molar-refractivity contribution in [1.82, 2.24) is 5.32 Å². The molecule has 3 aromatic rings. The van der Waals surface area contributed by atoms with Crippen LogP contribution in [-0.2, 0) is 38.4 Å². The minimum atomic E-state index is -5.63. The van der Waals surface area contributed by atoms with Crippen molar-refractivity contribution in [3.05, 3.63) is 89.5 Å². The lowest BCUT2D eigenvalue weighted by atomic mass is 9.85. The Hall–Kier alpha value is -3.75. The van der Waals surface area contributed by atoms with Crippen LogP contribution in [0.5, 0.6) is 5.75 Å². The first-order valence-corrected chi connectivity index (χ1v) is 19.3. The zero-order valence-corrected chi connectivity index (χ0v) is 28.9. The number of hydrogen-bond donors (Lipinski definition) is 10. The number of ether oxygens (including phenoxy) is 1. The molecule has 1 aliphatic rings. The molecule has 4 rings (SSSR count). The van der Waals surface area contributed by atoms with Crippen molar-refractivity contribution < 1.29 is 86.3 Å². The minimum Gasteiger partial charge on any atom is -0.506 e. The summed E-state index contributed by atoms with van der Waals surface area (Å²) in [5.41, 5.74) is 1.11. The van der Waals surface area contributed by atoms with Crippen LogP contribution in [0.1, 0.15) is 26.3 Å². The fourth-order valence-electron chi connectivity index (χ4n) is 4.91. The van der Waals surface area contributed by atoms with Gasteiger partial charge >= 0.3 is 29.4 Å². The number of carbonyl (C=O) groups excluding carboxylic acids is 2. The molecule has 21 nitrogen and oxygen atoms in total. The Labute approximate surface area is 293 Å². The van der Waals surface area contributed by atoms with Crippen molar-refractivity contribution in [3.63, 3.8) is 0 Å². The maximum atomic E-state index is 13.0. The van der Waals surface area contributed by atoms with E-state index in [2.05, 4.69) is 29.1 Å². The van der Waals surface area contributed by atoms with Crippen LogP contribution < -0.4 is 5.32 Å². The Bertz CT molecular complexity index is 1900. The van der Waals surface area contributed by atoms with E-state index in [0.29, 0.717) is 17.5 Å². The van der Waals surface area contributed by atoms with Gasteiger partial charge in [0, 0.05) is 12.1 Å². The number of phenolic OH excluding ortho intramolecular Hbond substituents is 1. The van der Waals surface area contributed by atoms with Gasteiger partial charge in [0.25, 0.3) is 5.91 Å². The van der Waals surface area contributed by atoms with Gasteiger partial charge in [0.05, 0.1) is 11.3 Å². The number of phenols is 1. The van der Waals surface area contributed by atoms with E-state index >= 15 is 0 Å². The summed E-state index contributed by atoms with van der Waals surface area (Å²) in [4.78, 5) is 81.0. The molecule has 1 fully saturated rings. The molecular weight excluding hydrogens is 759 g/mol. The number of aliphatic hydroxyl groups excluding tert-OH is 2. The lowest BCUT2D eigenvalue weighted by molar-refractivity contribution is -0.212. The largest absolute Gasteiger partial charge is 0.506 e. The van der Waals surface area contributed by atoms with Crippen molar-refractivity contribution in [3.8, 4) is 5.75 Å². The van der Waals surface area contributed by atoms with Gasteiger partial charge in [0.2, 0.25) is 0 Å². The maximum absolute atomic E-state index is 13.0. The highest BCUT2D eigenvalue weighted by Crippen LogP contribution is 2.49. The van der Waals surface area contributed by atoms with Crippen LogP contribution in [0.25, 0.3) is 0 Å². The SMILES string of the molecule is O=C(NCCc1ccc(O)c(N=Nc2ccc(C(=O)O[C@@H]3[C@H](O)[C@@H](OP(=O)(O)O)[C@H](OP(=O)(O)O)[C@@H](O)[C@@H]3OP(=O)(O)O)cc2)c1)c1ccccc1. The molecule has 0 spiro atoms. The van der Waals surface area contributed by atoms with Crippen LogP contribution in [-0.4, -0.2) is 99.7 Å². The summed E-state index contributed by atoms with van der Waals surface area (Å²) in [5.74, 6) is -1.82. The standard InChI is InChI=1S/C28H32N3O18P3/c32-20-11-6-15(12-13-29-27(35)16-4-2-1-3-5-16)14-19(20)31-30-18-9-7-17(8-10-18)28(36)46-23-21(33)25(48-51(40,41)42)26(49-52(43,44)45)22(34)24(23)47-50(37,38)39/h1-11,14,21-26,32-34H,12-13H2,(H,29,35)(H2,37,38,39)(H2,40,41,42)(H2,43,44,45)/t21-,22-,23+,24-,25+,26+/m0/s1. The third-order valence-electron chi connectivity index (χ3n) is 7.17. The quantitative estimate of drug-likeness (QED) is 0.0627. The lowest BCUT2D eigenvalue weighted by Crippen LogP contribution is -2.66. The molecule has 0 unspecified atom stereocenters. The van der Waals surface area contributed by atoms with Gasteiger partial charge in [-0.1, -0.05) is 24.3 Å². The number of amides is 1. The normalized spacial score (nSPS) is 22.6. The molecule has 52 heavy (non-hydrogen) atoms. The Balaban J connectivity index is 1.47. The van der Waals surface area contributed by atoms with Gasteiger partial charge in [-0.05, 0) is 60.5 Å². The molecule has 1 saturated carbocycles. The molecule has 1 aliphatic carbocycles.